The van der Waals surface area contributed by atoms with Crippen molar-refractivity contribution in [2.24, 2.45) is 0 Å². The summed E-state index contributed by atoms with van der Waals surface area (Å²) in [7, 11) is -4.03. The Morgan fingerprint density at radius 1 is 1.29 bits per heavy atom. The van der Waals surface area contributed by atoms with E-state index < -0.39 is 17.1 Å². The third-order valence-electron chi connectivity index (χ3n) is 3.48. The lowest BCUT2D eigenvalue weighted by molar-refractivity contribution is 0.360. The van der Waals surface area contributed by atoms with E-state index in [-0.39, 0.29) is 17.0 Å². The predicted octanol–water partition coefficient (Wildman–Crippen LogP) is 1.56. The minimum absolute atomic E-state index is 0.158. The molecule has 1 aliphatic rings. The maximum absolute atomic E-state index is 12.2. The molecule has 1 heterocycles. The largest absolute Gasteiger partial charge is 0.437 e. The molecular weight excluding hydrogens is 287 g/mol. The highest BCUT2D eigenvalue weighted by molar-refractivity contribution is 7.89. The molecule has 0 aliphatic carbocycles. The summed E-state index contributed by atoms with van der Waals surface area (Å²) in [6, 6.07) is 8.35. The van der Waals surface area contributed by atoms with Crippen LogP contribution in [0.5, 0.6) is 0 Å². The van der Waals surface area contributed by atoms with Crippen LogP contribution in [0.4, 0.5) is 0 Å². The zero-order valence-corrected chi connectivity index (χ0v) is 14.0. The lowest BCUT2D eigenvalue weighted by Crippen LogP contribution is -2.42. The van der Waals surface area contributed by atoms with Crippen LogP contribution in [0.3, 0.4) is 0 Å². The molecule has 1 aromatic rings. The second kappa shape index (κ2) is 7.94. The Bertz CT molecular complexity index is 522. The highest BCUT2D eigenvalue weighted by Gasteiger charge is 2.35. The Morgan fingerprint density at radius 3 is 2.33 bits per heavy atom. The van der Waals surface area contributed by atoms with Gasteiger partial charge in [0.2, 0.25) is 10.0 Å². The van der Waals surface area contributed by atoms with E-state index in [1.54, 1.807) is 37.2 Å². The first-order valence-corrected chi connectivity index (χ1v) is 8.89. The van der Waals surface area contributed by atoms with Gasteiger partial charge in [0, 0.05) is 12.6 Å². The van der Waals surface area contributed by atoms with E-state index in [2.05, 4.69) is 4.72 Å². The van der Waals surface area contributed by atoms with E-state index in [1.807, 2.05) is 25.6 Å². The second-order valence-corrected chi connectivity index (χ2v) is 6.76. The van der Waals surface area contributed by atoms with E-state index in [1.165, 1.54) is 0 Å². The standard InChI is InChI=1S/C12H19BN2O3S.C2H6/c1-10-8-11(9-15(10)13(2)16)14-19(17,18)12-6-4-3-5-7-12;1-2/h3-7,10-11,14,16H,8-9H2,1-2H3;1-2H3/t10-,11+;/m0./s1. The van der Waals surface area contributed by atoms with Gasteiger partial charge in [-0.05, 0) is 31.4 Å². The molecule has 1 aromatic carbocycles. The first-order valence-electron chi connectivity index (χ1n) is 7.41. The summed E-state index contributed by atoms with van der Waals surface area (Å²) in [6.45, 7) is 8.22. The van der Waals surface area contributed by atoms with E-state index >= 15 is 0 Å². The summed E-state index contributed by atoms with van der Waals surface area (Å²) in [5, 5.41) is 9.60. The van der Waals surface area contributed by atoms with Gasteiger partial charge in [0.25, 0.3) is 0 Å². The van der Waals surface area contributed by atoms with Gasteiger partial charge in [0.05, 0.1) is 4.90 Å². The van der Waals surface area contributed by atoms with Crippen molar-refractivity contribution in [2.45, 2.75) is 51.0 Å². The fourth-order valence-electron chi connectivity index (χ4n) is 2.55. The van der Waals surface area contributed by atoms with E-state index in [4.69, 9.17) is 0 Å². The lowest BCUT2D eigenvalue weighted by Gasteiger charge is -2.21. The number of hydrogen-bond acceptors (Lipinski definition) is 4. The maximum atomic E-state index is 12.2. The highest BCUT2D eigenvalue weighted by atomic mass is 32.2. The van der Waals surface area contributed by atoms with Crippen LogP contribution < -0.4 is 4.72 Å². The summed E-state index contributed by atoms with van der Waals surface area (Å²) in [6.07, 6.45) is 0.705. The molecule has 0 aromatic heterocycles. The monoisotopic (exact) mass is 312 g/mol. The maximum Gasteiger partial charge on any atom is 0.376 e. The van der Waals surface area contributed by atoms with Gasteiger partial charge in [-0.2, -0.15) is 0 Å². The SMILES string of the molecule is CB(O)N1C[C@H](NS(=O)(=O)c2ccccc2)C[C@@H]1C.CC. The molecule has 1 saturated heterocycles. The highest BCUT2D eigenvalue weighted by Crippen LogP contribution is 2.20. The van der Waals surface area contributed by atoms with Crippen molar-refractivity contribution >= 4 is 17.1 Å². The Morgan fingerprint density at radius 2 is 1.86 bits per heavy atom. The van der Waals surface area contributed by atoms with Gasteiger partial charge >= 0.3 is 7.05 Å². The number of nitrogens with one attached hydrogen (secondary N) is 1. The Balaban J connectivity index is 0.00000106. The lowest BCUT2D eigenvalue weighted by atomic mass is 9.84. The van der Waals surface area contributed by atoms with Crippen molar-refractivity contribution < 1.29 is 13.4 Å². The minimum Gasteiger partial charge on any atom is -0.437 e. The average molecular weight is 312 g/mol. The molecule has 0 unspecified atom stereocenters. The first kappa shape index (κ1) is 18.2. The van der Waals surface area contributed by atoms with E-state index in [0.29, 0.717) is 13.0 Å². The van der Waals surface area contributed by atoms with Crippen molar-refractivity contribution in [3.8, 4) is 0 Å². The van der Waals surface area contributed by atoms with Gasteiger partial charge in [-0.15, -0.1) is 0 Å². The van der Waals surface area contributed by atoms with Crippen LogP contribution in [-0.2, 0) is 10.0 Å². The number of rotatable bonds is 4. The zero-order valence-electron chi connectivity index (χ0n) is 13.2. The predicted molar refractivity (Wildman–Crippen MR) is 86.5 cm³/mol. The molecule has 0 spiro atoms. The molecule has 0 radical (unpaired) electrons. The van der Waals surface area contributed by atoms with Crippen LogP contribution in [0.25, 0.3) is 0 Å². The smallest absolute Gasteiger partial charge is 0.376 e. The molecule has 1 fully saturated rings. The number of sulfonamides is 1. The van der Waals surface area contributed by atoms with Crippen LogP contribution in [0.15, 0.2) is 35.2 Å². The van der Waals surface area contributed by atoms with Crippen molar-refractivity contribution in [3.05, 3.63) is 30.3 Å². The quantitative estimate of drug-likeness (QED) is 0.828. The van der Waals surface area contributed by atoms with Crippen molar-refractivity contribution in [1.29, 1.82) is 0 Å². The van der Waals surface area contributed by atoms with Crippen molar-refractivity contribution in [2.75, 3.05) is 6.54 Å². The third-order valence-corrected chi connectivity index (χ3v) is 5.01. The summed E-state index contributed by atoms with van der Waals surface area (Å²) in [5.41, 5.74) is 0. The van der Waals surface area contributed by atoms with Crippen molar-refractivity contribution in [1.82, 2.24) is 9.53 Å². The molecule has 1 aliphatic heterocycles. The molecule has 2 atom stereocenters. The van der Waals surface area contributed by atoms with Gasteiger partial charge in [0.15, 0.2) is 0 Å². The number of nitrogens with zero attached hydrogens (tertiary/aromatic N) is 1. The molecule has 0 bridgehead atoms. The molecule has 21 heavy (non-hydrogen) atoms. The molecule has 118 valence electrons. The summed E-state index contributed by atoms with van der Waals surface area (Å²) < 4.78 is 27.1. The van der Waals surface area contributed by atoms with Crippen LogP contribution in [0.2, 0.25) is 6.82 Å². The van der Waals surface area contributed by atoms with Gasteiger partial charge < -0.3 is 9.83 Å². The van der Waals surface area contributed by atoms with E-state index in [0.717, 1.165) is 0 Å². The fourth-order valence-corrected chi connectivity index (χ4v) is 3.81. The Kier molecular flexibility index (Phi) is 6.86. The molecule has 7 heteroatoms. The minimum atomic E-state index is -3.47. The van der Waals surface area contributed by atoms with Gasteiger partial charge in [-0.25, -0.2) is 13.1 Å². The van der Waals surface area contributed by atoms with Gasteiger partial charge in [-0.1, -0.05) is 39.0 Å². The topological polar surface area (TPSA) is 69.6 Å². The average Bonchev–Trinajstić information content (AvgIpc) is 2.82. The van der Waals surface area contributed by atoms with E-state index in [9.17, 15) is 13.4 Å². The van der Waals surface area contributed by atoms with Crippen LogP contribution in [0.1, 0.15) is 27.2 Å². The molecule has 0 amide bonds. The summed E-state index contributed by atoms with van der Waals surface area (Å²) in [4.78, 5) is 2.16. The molecule has 2 rings (SSSR count). The van der Waals surface area contributed by atoms with Crippen LogP contribution in [-0.4, -0.2) is 43.9 Å². The van der Waals surface area contributed by atoms with Gasteiger partial charge in [-0.3, -0.25) is 0 Å². The van der Waals surface area contributed by atoms with Crippen LogP contribution >= 0.6 is 0 Å². The second-order valence-electron chi connectivity index (χ2n) is 5.04. The first-order chi connectivity index (χ1) is 9.90. The van der Waals surface area contributed by atoms with Gasteiger partial charge in [0.1, 0.15) is 0 Å². The van der Waals surface area contributed by atoms with Crippen molar-refractivity contribution in [3.63, 3.8) is 0 Å². The fraction of sp³-hybridized carbons (Fsp3) is 0.571. The van der Waals surface area contributed by atoms with Crippen LogP contribution in [0, 0.1) is 0 Å². The number of benzene rings is 1. The summed E-state index contributed by atoms with van der Waals surface area (Å²) >= 11 is 0. The molecular formula is C14H25BN2O3S. The Labute approximate surface area is 128 Å². The molecule has 0 saturated carbocycles. The third kappa shape index (κ3) is 4.81. The summed E-state index contributed by atoms with van der Waals surface area (Å²) in [5.74, 6) is 0. The molecule has 2 N–H and O–H groups in total. The molecule has 5 nitrogen and oxygen atoms in total. The number of hydrogen-bond donors (Lipinski definition) is 2. The normalized spacial score (nSPS) is 22.5. The Hall–Kier alpha value is -0.885. The zero-order chi connectivity index (χ0) is 16.0.